The molecule has 0 bridgehead atoms. The summed E-state index contributed by atoms with van der Waals surface area (Å²) < 4.78 is 21.9. The van der Waals surface area contributed by atoms with Gasteiger partial charge in [-0.25, -0.2) is 4.79 Å². The molecule has 3 rings (SSSR count). The molecular weight excluding hydrogens is 440 g/mol. The van der Waals surface area contributed by atoms with Crippen molar-refractivity contribution in [2.75, 3.05) is 45.4 Å². The maximum atomic E-state index is 13.6. The third-order valence-electron chi connectivity index (χ3n) is 6.32. The number of benzene rings is 1. The first-order valence-electron chi connectivity index (χ1n) is 11.7. The number of esters is 2. The summed E-state index contributed by atoms with van der Waals surface area (Å²) in [5, 5.41) is 0. The molecule has 0 N–H and O–H groups in total. The van der Waals surface area contributed by atoms with Crippen LogP contribution in [-0.4, -0.2) is 75.0 Å². The van der Waals surface area contributed by atoms with Gasteiger partial charge in [-0.2, -0.15) is 0 Å². The normalized spacial score (nSPS) is 22.1. The van der Waals surface area contributed by atoms with E-state index in [0.717, 1.165) is 12.1 Å². The second kappa shape index (κ2) is 9.82. The molecule has 2 aliphatic rings. The second-order valence-corrected chi connectivity index (χ2v) is 9.80. The van der Waals surface area contributed by atoms with Gasteiger partial charge >= 0.3 is 18.0 Å². The number of carbonyl (C=O) groups excluding carboxylic acids is 3. The van der Waals surface area contributed by atoms with Gasteiger partial charge in [-0.3, -0.25) is 14.5 Å². The monoisotopic (exact) mass is 476 g/mol. The molecule has 9 heteroatoms. The van der Waals surface area contributed by atoms with E-state index in [4.69, 9.17) is 18.9 Å². The lowest BCUT2D eigenvalue weighted by molar-refractivity contribution is -0.163. The van der Waals surface area contributed by atoms with E-state index in [9.17, 15) is 14.4 Å². The first-order valence-corrected chi connectivity index (χ1v) is 11.7. The molecule has 1 aromatic rings. The van der Waals surface area contributed by atoms with Crippen molar-refractivity contribution in [2.24, 2.45) is 5.92 Å². The molecule has 1 saturated heterocycles. The van der Waals surface area contributed by atoms with Crippen LogP contribution in [0.3, 0.4) is 0 Å². The van der Waals surface area contributed by atoms with E-state index in [2.05, 4.69) is 4.90 Å². The number of likely N-dealkylation sites (N-methyl/N-ethyl adjacent to an activating group) is 1. The van der Waals surface area contributed by atoms with E-state index in [1.54, 1.807) is 53.9 Å². The van der Waals surface area contributed by atoms with Crippen LogP contribution in [0.2, 0.25) is 0 Å². The smallest absolute Gasteiger partial charge is 0.415 e. The highest BCUT2D eigenvalue weighted by molar-refractivity contribution is 6.01. The zero-order valence-electron chi connectivity index (χ0n) is 21.2. The van der Waals surface area contributed by atoms with E-state index in [1.807, 2.05) is 13.1 Å². The Morgan fingerprint density at radius 1 is 1.12 bits per heavy atom. The van der Waals surface area contributed by atoms with Gasteiger partial charge < -0.3 is 23.8 Å². The molecule has 34 heavy (non-hydrogen) atoms. The fraction of sp³-hybridized carbons (Fsp3) is 0.640. The summed E-state index contributed by atoms with van der Waals surface area (Å²) in [4.78, 5) is 43.7. The molecule has 1 amide bonds. The Morgan fingerprint density at radius 3 is 2.21 bits per heavy atom. The Bertz CT molecular complexity index is 924. The van der Waals surface area contributed by atoms with Crippen LogP contribution in [0.4, 0.5) is 10.5 Å². The number of ether oxygens (including phenoxy) is 4. The van der Waals surface area contributed by atoms with E-state index >= 15 is 0 Å². The van der Waals surface area contributed by atoms with Gasteiger partial charge in [0.25, 0.3) is 0 Å². The third kappa shape index (κ3) is 4.71. The molecule has 0 saturated carbocycles. The van der Waals surface area contributed by atoms with Crippen molar-refractivity contribution < 1.29 is 33.3 Å². The number of amides is 1. The first-order chi connectivity index (χ1) is 16.0. The lowest BCUT2D eigenvalue weighted by Crippen LogP contribution is -2.58. The molecule has 0 radical (unpaired) electrons. The lowest BCUT2D eigenvalue weighted by Gasteiger charge is -2.39. The minimum absolute atomic E-state index is 0.0988. The molecule has 188 valence electrons. The Morgan fingerprint density at radius 2 is 1.74 bits per heavy atom. The summed E-state index contributed by atoms with van der Waals surface area (Å²) in [6, 6.07) is 4.55. The topological polar surface area (TPSA) is 94.6 Å². The van der Waals surface area contributed by atoms with Gasteiger partial charge in [0.15, 0.2) is 5.92 Å². The summed E-state index contributed by atoms with van der Waals surface area (Å²) in [6.45, 7) is 10.1. The fourth-order valence-electron chi connectivity index (χ4n) is 5.11. The van der Waals surface area contributed by atoms with E-state index in [-0.39, 0.29) is 13.2 Å². The highest BCUT2D eigenvalue weighted by Crippen LogP contribution is 2.54. The summed E-state index contributed by atoms with van der Waals surface area (Å²) in [7, 11) is 3.55. The van der Waals surface area contributed by atoms with Crippen LogP contribution in [0.5, 0.6) is 5.75 Å². The zero-order valence-corrected chi connectivity index (χ0v) is 21.2. The minimum Gasteiger partial charge on any atom is -0.497 e. The molecular formula is C25H36N2O7. The molecule has 1 aromatic carbocycles. The number of rotatable bonds is 6. The molecule has 9 nitrogen and oxygen atoms in total. The molecule has 0 aliphatic carbocycles. The summed E-state index contributed by atoms with van der Waals surface area (Å²) in [6.07, 6.45) is -0.00269. The number of hydrogen-bond acceptors (Lipinski definition) is 8. The minimum atomic E-state index is -1.34. The standard InChI is InChI=1S/C25H36N2O7/c1-8-32-21(28)19(22(29)33-9-2)20-25(12-13-26(6)15-25)17-14-16(31-7)10-11-18(17)27(20)23(30)34-24(3,4)5/h10-11,14,19-20H,8-9,12-13,15H2,1-7H3/t20-,25-/m0/s1. The maximum absolute atomic E-state index is 13.6. The predicted molar refractivity (Wildman–Crippen MR) is 126 cm³/mol. The Labute approximate surface area is 201 Å². The molecule has 0 aromatic heterocycles. The van der Waals surface area contributed by atoms with E-state index in [0.29, 0.717) is 24.4 Å². The van der Waals surface area contributed by atoms with Crippen LogP contribution in [0.25, 0.3) is 0 Å². The van der Waals surface area contributed by atoms with Crippen LogP contribution < -0.4 is 9.64 Å². The molecule has 0 unspecified atom stereocenters. The largest absolute Gasteiger partial charge is 0.497 e. The Balaban J connectivity index is 2.27. The average molecular weight is 477 g/mol. The third-order valence-corrected chi connectivity index (χ3v) is 6.32. The molecule has 2 heterocycles. The number of anilines is 1. The highest BCUT2D eigenvalue weighted by Gasteiger charge is 2.62. The van der Waals surface area contributed by atoms with Crippen LogP contribution >= 0.6 is 0 Å². The second-order valence-electron chi connectivity index (χ2n) is 9.80. The highest BCUT2D eigenvalue weighted by atomic mass is 16.6. The Kier molecular flexibility index (Phi) is 7.45. The van der Waals surface area contributed by atoms with Crippen LogP contribution in [0, 0.1) is 5.92 Å². The van der Waals surface area contributed by atoms with E-state index in [1.165, 1.54) is 4.90 Å². The van der Waals surface area contributed by atoms with Crippen LogP contribution in [0.1, 0.15) is 46.6 Å². The number of fused-ring (bicyclic) bond motifs is 2. The van der Waals surface area contributed by atoms with Gasteiger partial charge in [0.1, 0.15) is 11.4 Å². The molecule has 1 fully saturated rings. The summed E-state index contributed by atoms with van der Waals surface area (Å²) >= 11 is 0. The van der Waals surface area contributed by atoms with Gasteiger partial charge in [0.2, 0.25) is 0 Å². The van der Waals surface area contributed by atoms with Gasteiger partial charge in [-0.05, 0) is 78.4 Å². The lowest BCUT2D eigenvalue weighted by atomic mass is 9.71. The van der Waals surface area contributed by atoms with Gasteiger partial charge in [0, 0.05) is 12.0 Å². The average Bonchev–Trinajstić information content (AvgIpc) is 3.26. The zero-order chi connectivity index (χ0) is 25.3. The van der Waals surface area contributed by atoms with Crippen molar-refractivity contribution in [1.29, 1.82) is 0 Å². The summed E-state index contributed by atoms with van der Waals surface area (Å²) in [5.74, 6) is -2.14. The number of hydrogen-bond donors (Lipinski definition) is 0. The van der Waals surface area contributed by atoms with Crippen LogP contribution in [-0.2, 0) is 29.2 Å². The Hall–Kier alpha value is -2.81. The molecule has 2 aliphatic heterocycles. The first kappa shape index (κ1) is 25.8. The number of carbonyl (C=O) groups is 3. The predicted octanol–water partition coefficient (Wildman–Crippen LogP) is 3.13. The maximum Gasteiger partial charge on any atom is 0.415 e. The van der Waals surface area contributed by atoms with Gasteiger partial charge in [-0.1, -0.05) is 0 Å². The number of nitrogens with zero attached hydrogens (tertiary/aromatic N) is 2. The molecule has 1 spiro atoms. The van der Waals surface area contributed by atoms with Crippen molar-refractivity contribution in [3.05, 3.63) is 23.8 Å². The fourth-order valence-corrected chi connectivity index (χ4v) is 5.11. The quantitative estimate of drug-likeness (QED) is 0.351. The van der Waals surface area contributed by atoms with Crippen molar-refractivity contribution >= 4 is 23.7 Å². The van der Waals surface area contributed by atoms with Gasteiger partial charge in [0.05, 0.1) is 32.1 Å². The van der Waals surface area contributed by atoms with Crippen molar-refractivity contribution in [3.63, 3.8) is 0 Å². The SMILES string of the molecule is CCOC(=O)C(C(=O)OCC)[C@@H]1N(C(=O)OC(C)(C)C)c2ccc(OC)cc2[C@@]12CCN(C)C2. The van der Waals surface area contributed by atoms with Crippen molar-refractivity contribution in [1.82, 2.24) is 4.90 Å². The van der Waals surface area contributed by atoms with Crippen LogP contribution in [0.15, 0.2) is 18.2 Å². The number of likely N-dealkylation sites (tertiary alicyclic amines) is 1. The van der Waals surface area contributed by atoms with Gasteiger partial charge in [-0.15, -0.1) is 0 Å². The van der Waals surface area contributed by atoms with Crippen molar-refractivity contribution in [2.45, 2.75) is 58.1 Å². The van der Waals surface area contributed by atoms with Crippen molar-refractivity contribution in [3.8, 4) is 5.75 Å². The summed E-state index contributed by atoms with van der Waals surface area (Å²) in [5.41, 5.74) is -0.0703. The number of methoxy groups -OCH3 is 1. The van der Waals surface area contributed by atoms with E-state index < -0.39 is 41.0 Å². The molecule has 2 atom stereocenters.